The summed E-state index contributed by atoms with van der Waals surface area (Å²) in [7, 11) is 0. The summed E-state index contributed by atoms with van der Waals surface area (Å²) in [5, 5.41) is 0. The van der Waals surface area contributed by atoms with Crippen molar-refractivity contribution >= 4 is 0 Å². The van der Waals surface area contributed by atoms with E-state index in [1.165, 1.54) is 0 Å². The first kappa shape index (κ1) is 48.3. The third-order valence-corrected chi connectivity index (χ3v) is 12.2. The summed E-state index contributed by atoms with van der Waals surface area (Å²) in [4.78, 5) is 13.7. The van der Waals surface area contributed by atoms with Crippen molar-refractivity contribution in [2.45, 2.75) is 25.7 Å². The van der Waals surface area contributed by atoms with Gasteiger partial charge in [0.15, 0.2) is 0 Å². The molecular formula is C61H38F6IrN3. The Balaban J connectivity index is 0.00000624. The second-order valence-corrected chi connectivity index (χ2v) is 16.9. The first-order valence-corrected chi connectivity index (χ1v) is 22.5. The van der Waals surface area contributed by atoms with Crippen molar-refractivity contribution in [2.24, 2.45) is 0 Å². The van der Waals surface area contributed by atoms with Crippen LogP contribution in [0.2, 0.25) is 0 Å². The first-order valence-electron chi connectivity index (χ1n) is 22.5. The van der Waals surface area contributed by atoms with E-state index in [2.05, 4.69) is 52.4 Å². The molecule has 0 aliphatic carbocycles. The fourth-order valence-corrected chi connectivity index (χ4v) is 8.64. The van der Waals surface area contributed by atoms with Crippen molar-refractivity contribution in [3.8, 4) is 78.3 Å². The molecule has 3 nitrogen and oxygen atoms in total. The quantitative estimate of drug-likeness (QED) is 0.0853. The van der Waals surface area contributed by atoms with Crippen LogP contribution >= 0.6 is 0 Å². The van der Waals surface area contributed by atoms with Gasteiger partial charge in [-0.15, -0.1) is 36.4 Å². The Hall–Kier alpha value is -7.78. The van der Waals surface area contributed by atoms with E-state index in [9.17, 15) is 22.0 Å². The molecule has 0 N–H and O–H groups in total. The number of hydrogen-bond acceptors (Lipinski definition) is 3. The molecule has 3 aromatic heterocycles. The molecule has 0 bridgehead atoms. The molecule has 348 valence electrons. The summed E-state index contributed by atoms with van der Waals surface area (Å²) in [6, 6.07) is 55.5. The molecule has 0 unspecified atom stereocenters. The number of aryl methyl sites for hydroxylation is 4. The zero-order valence-electron chi connectivity index (χ0n) is 37.6. The molecule has 3 heterocycles. The monoisotopic (exact) mass is 1120 g/mol. The average Bonchev–Trinajstić information content (AvgIpc) is 3.38. The summed E-state index contributed by atoms with van der Waals surface area (Å²) in [6.07, 6.45) is 7.60. The first-order chi connectivity index (χ1) is 34.1. The number of rotatable bonds is 13. The summed E-state index contributed by atoms with van der Waals surface area (Å²) in [5.74, 6) is -4.41. The normalized spacial score (nSPS) is 11.1. The van der Waals surface area contributed by atoms with Crippen LogP contribution in [0.4, 0.5) is 26.3 Å². The van der Waals surface area contributed by atoms with Crippen molar-refractivity contribution in [1.29, 1.82) is 0 Å². The molecule has 0 saturated carbocycles. The van der Waals surface area contributed by atoms with Gasteiger partial charge in [0.1, 0.15) is 0 Å². The van der Waals surface area contributed by atoms with Gasteiger partial charge in [-0.3, -0.25) is 26.3 Å². The van der Waals surface area contributed by atoms with Crippen LogP contribution in [0, 0.1) is 53.1 Å². The van der Waals surface area contributed by atoms with E-state index in [1.54, 1.807) is 30.7 Å². The van der Waals surface area contributed by atoms with Gasteiger partial charge < -0.3 is 15.0 Å². The van der Waals surface area contributed by atoms with Crippen molar-refractivity contribution in [1.82, 2.24) is 15.0 Å². The molecule has 0 saturated heterocycles. The van der Waals surface area contributed by atoms with Crippen LogP contribution in [-0.4, -0.2) is 15.0 Å². The van der Waals surface area contributed by atoms with Crippen molar-refractivity contribution < 1.29 is 46.4 Å². The van der Waals surface area contributed by atoms with E-state index >= 15 is 4.39 Å². The maximum atomic E-state index is 15.3. The Kier molecular flexibility index (Phi) is 14.6. The molecule has 0 atom stereocenters. The van der Waals surface area contributed by atoms with Crippen LogP contribution < -0.4 is 0 Å². The number of pyridine rings is 3. The number of nitrogens with zero attached hydrogens (tertiary/aromatic N) is 3. The maximum absolute atomic E-state index is 15.3. The van der Waals surface area contributed by atoms with E-state index in [0.29, 0.717) is 42.8 Å². The maximum Gasteiger partial charge on any atom is 3.00 e. The largest absolute Gasteiger partial charge is 3.00 e. The fraction of sp³-hybridized carbons (Fsp3) is 0.0656. The molecule has 71 heavy (non-hydrogen) atoms. The minimum Gasteiger partial charge on any atom is -0.304 e. The van der Waals surface area contributed by atoms with Gasteiger partial charge in [0.25, 0.3) is 0 Å². The third-order valence-electron chi connectivity index (χ3n) is 12.2. The second-order valence-electron chi connectivity index (χ2n) is 16.9. The number of halogens is 6. The topological polar surface area (TPSA) is 38.7 Å². The molecule has 7 aromatic carbocycles. The van der Waals surface area contributed by atoms with E-state index in [4.69, 9.17) is 4.98 Å². The molecule has 10 rings (SSSR count). The molecule has 0 fully saturated rings. The van der Waals surface area contributed by atoms with Gasteiger partial charge in [0.2, 0.25) is 0 Å². The van der Waals surface area contributed by atoms with Crippen LogP contribution in [0.3, 0.4) is 0 Å². The van der Waals surface area contributed by atoms with Crippen LogP contribution in [0.15, 0.2) is 182 Å². The Morgan fingerprint density at radius 1 is 0.324 bits per heavy atom. The van der Waals surface area contributed by atoms with Gasteiger partial charge in [-0.25, -0.2) is 0 Å². The van der Waals surface area contributed by atoms with Gasteiger partial charge >= 0.3 is 20.1 Å². The van der Waals surface area contributed by atoms with Crippen LogP contribution in [-0.2, 0) is 45.8 Å². The Bertz CT molecular complexity index is 3380. The zero-order chi connectivity index (χ0) is 48.1. The van der Waals surface area contributed by atoms with E-state index in [-0.39, 0.29) is 36.8 Å². The SMILES string of the molecule is Fc1c[c-]c(-c2ccc(CCc3cc(CCc4ccc(-c5[c-]cc(F)cc5F)nc4)cc(-c4ccccc4-c4cnc(-c5[c-]cc(F)cc5F)cc4-c4ccc(-c5ccccc5)cc4)c3)cn2)c(F)c1.[Ir+3]. The van der Waals surface area contributed by atoms with Gasteiger partial charge in [0, 0.05) is 59.1 Å². The molecule has 0 amide bonds. The molecular weight excluding hydrogens is 1080 g/mol. The predicted molar refractivity (Wildman–Crippen MR) is 262 cm³/mol. The van der Waals surface area contributed by atoms with Crippen LogP contribution in [0.25, 0.3) is 78.3 Å². The second kappa shape index (κ2) is 21.5. The number of hydrogen-bond donors (Lipinski definition) is 0. The Morgan fingerprint density at radius 2 is 0.761 bits per heavy atom. The van der Waals surface area contributed by atoms with E-state index in [0.717, 1.165) is 103 Å². The van der Waals surface area contributed by atoms with E-state index < -0.39 is 34.9 Å². The molecule has 10 aromatic rings. The van der Waals surface area contributed by atoms with Gasteiger partial charge in [-0.2, -0.15) is 0 Å². The van der Waals surface area contributed by atoms with Crippen LogP contribution in [0.5, 0.6) is 0 Å². The van der Waals surface area contributed by atoms with Crippen LogP contribution in [0.1, 0.15) is 22.3 Å². The minimum absolute atomic E-state index is 0. The standard InChI is InChI=1S/C61H38F6N3.Ir/c62-46-20-23-51(56(65)31-46)59-26-14-38(35-68-59)10-12-40-28-41(13-11-39-15-27-60(69-36-39)52-24-21-47(63)32-57(52)66)30-45(29-40)49-8-4-5-9-50(49)55-37-70-61(53-25-22-48(64)33-58(53)67)34-54(55)44-18-16-43(17-19-44)42-6-2-1-3-7-42;/h1-9,14-22,26-37H,10-13H2;/q-3;+3. The molecule has 0 spiro atoms. The smallest absolute Gasteiger partial charge is 0.304 e. The fourth-order valence-electron chi connectivity index (χ4n) is 8.64. The predicted octanol–water partition coefficient (Wildman–Crippen LogP) is 15.3. The Morgan fingerprint density at radius 3 is 1.25 bits per heavy atom. The zero-order valence-corrected chi connectivity index (χ0v) is 40.0. The molecule has 10 heteroatoms. The Labute approximate surface area is 421 Å². The molecule has 0 aliphatic rings. The summed E-state index contributed by atoms with van der Waals surface area (Å²) < 4.78 is 85.7. The van der Waals surface area contributed by atoms with Crippen molar-refractivity contribution in [3.05, 3.63) is 258 Å². The number of aromatic nitrogens is 3. The summed E-state index contributed by atoms with van der Waals surface area (Å²) in [5.41, 5.74) is 12.5. The molecule has 0 aliphatic heterocycles. The average molecular weight is 1120 g/mol. The van der Waals surface area contributed by atoms with Gasteiger partial charge in [-0.1, -0.05) is 162 Å². The minimum atomic E-state index is -0.769. The number of benzene rings is 7. The summed E-state index contributed by atoms with van der Waals surface area (Å²) >= 11 is 0. The van der Waals surface area contributed by atoms with E-state index in [1.807, 2.05) is 91.0 Å². The molecule has 0 radical (unpaired) electrons. The van der Waals surface area contributed by atoms with Gasteiger partial charge in [-0.05, 0) is 104 Å². The van der Waals surface area contributed by atoms with Crippen molar-refractivity contribution in [3.63, 3.8) is 0 Å². The summed E-state index contributed by atoms with van der Waals surface area (Å²) in [6.45, 7) is 0. The van der Waals surface area contributed by atoms with Gasteiger partial charge in [0.05, 0.1) is 0 Å². The third kappa shape index (κ3) is 11.0. The van der Waals surface area contributed by atoms with Crippen molar-refractivity contribution in [2.75, 3.05) is 0 Å².